The van der Waals surface area contributed by atoms with Gasteiger partial charge in [0.15, 0.2) is 12.0 Å². The standard InChI is InChI=1S/C11H11NO2S/c1-2-3-11-12-6-10(15-11)9-5-4-8(7-13)14-9/h4-7H,2-3H2,1H3. The Morgan fingerprint density at radius 1 is 1.53 bits per heavy atom. The molecule has 0 N–H and O–H groups in total. The van der Waals surface area contributed by atoms with E-state index in [-0.39, 0.29) is 0 Å². The Hall–Kier alpha value is -1.42. The molecule has 0 atom stereocenters. The van der Waals surface area contributed by atoms with E-state index in [2.05, 4.69) is 11.9 Å². The van der Waals surface area contributed by atoms with Gasteiger partial charge in [0.25, 0.3) is 0 Å². The lowest BCUT2D eigenvalue weighted by Gasteiger charge is -1.88. The zero-order valence-electron chi connectivity index (χ0n) is 8.40. The van der Waals surface area contributed by atoms with Crippen LogP contribution < -0.4 is 0 Å². The molecule has 2 heterocycles. The van der Waals surface area contributed by atoms with Crippen LogP contribution in [0.1, 0.15) is 28.9 Å². The first-order valence-electron chi connectivity index (χ1n) is 4.83. The molecule has 2 aromatic heterocycles. The van der Waals surface area contributed by atoms with E-state index in [1.54, 1.807) is 29.7 Å². The molecule has 4 heteroatoms. The molecule has 0 bridgehead atoms. The monoisotopic (exact) mass is 221 g/mol. The van der Waals surface area contributed by atoms with E-state index in [0.717, 1.165) is 28.5 Å². The second-order valence-electron chi connectivity index (χ2n) is 3.19. The van der Waals surface area contributed by atoms with E-state index in [0.29, 0.717) is 12.0 Å². The van der Waals surface area contributed by atoms with Gasteiger partial charge in [0.2, 0.25) is 0 Å². The summed E-state index contributed by atoms with van der Waals surface area (Å²) in [5, 5.41) is 1.11. The molecular formula is C11H11NO2S. The summed E-state index contributed by atoms with van der Waals surface area (Å²) in [6, 6.07) is 3.47. The second kappa shape index (κ2) is 4.40. The topological polar surface area (TPSA) is 43.1 Å². The normalized spacial score (nSPS) is 10.5. The van der Waals surface area contributed by atoms with Gasteiger partial charge in [0, 0.05) is 6.20 Å². The maximum absolute atomic E-state index is 10.5. The molecule has 78 valence electrons. The van der Waals surface area contributed by atoms with Crippen LogP contribution in [0.2, 0.25) is 0 Å². The van der Waals surface area contributed by atoms with Crippen LogP contribution in [0.4, 0.5) is 0 Å². The van der Waals surface area contributed by atoms with E-state index in [1.165, 1.54) is 0 Å². The van der Waals surface area contributed by atoms with Gasteiger partial charge in [-0.3, -0.25) is 4.79 Å². The van der Waals surface area contributed by atoms with Crippen LogP contribution in [0.5, 0.6) is 0 Å². The summed E-state index contributed by atoms with van der Waals surface area (Å²) in [5.74, 6) is 1.08. The van der Waals surface area contributed by atoms with E-state index in [4.69, 9.17) is 4.42 Å². The number of carbonyl (C=O) groups excluding carboxylic acids is 1. The number of aromatic nitrogens is 1. The Kier molecular flexibility index (Phi) is 2.97. The molecule has 0 aliphatic rings. The van der Waals surface area contributed by atoms with Crippen molar-refractivity contribution in [3.8, 4) is 10.6 Å². The van der Waals surface area contributed by atoms with E-state index >= 15 is 0 Å². The van der Waals surface area contributed by atoms with Crippen LogP contribution in [-0.2, 0) is 6.42 Å². The van der Waals surface area contributed by atoms with Gasteiger partial charge in [0.05, 0.1) is 9.88 Å². The molecule has 15 heavy (non-hydrogen) atoms. The molecule has 0 unspecified atom stereocenters. The molecule has 0 aliphatic carbocycles. The summed E-state index contributed by atoms with van der Waals surface area (Å²) >= 11 is 1.61. The van der Waals surface area contributed by atoms with Crippen molar-refractivity contribution in [1.29, 1.82) is 0 Å². The average Bonchev–Trinajstić information content (AvgIpc) is 2.85. The molecule has 0 fully saturated rings. The number of nitrogens with zero attached hydrogens (tertiary/aromatic N) is 1. The van der Waals surface area contributed by atoms with E-state index in [1.807, 2.05) is 0 Å². The zero-order chi connectivity index (χ0) is 10.7. The highest BCUT2D eigenvalue weighted by molar-refractivity contribution is 7.15. The van der Waals surface area contributed by atoms with E-state index < -0.39 is 0 Å². The third-order valence-electron chi connectivity index (χ3n) is 2.00. The number of hydrogen-bond acceptors (Lipinski definition) is 4. The number of aryl methyl sites for hydroxylation is 1. The lowest BCUT2D eigenvalue weighted by atomic mass is 10.3. The van der Waals surface area contributed by atoms with E-state index in [9.17, 15) is 4.79 Å². The molecule has 3 nitrogen and oxygen atoms in total. The Balaban J connectivity index is 2.24. The van der Waals surface area contributed by atoms with Crippen LogP contribution >= 0.6 is 11.3 Å². The Morgan fingerprint density at radius 2 is 2.40 bits per heavy atom. The van der Waals surface area contributed by atoms with Gasteiger partial charge < -0.3 is 4.42 Å². The van der Waals surface area contributed by atoms with Gasteiger partial charge in [-0.1, -0.05) is 6.92 Å². The average molecular weight is 221 g/mol. The summed E-state index contributed by atoms with van der Waals surface area (Å²) in [6.45, 7) is 2.12. The van der Waals surface area contributed by atoms with Gasteiger partial charge in [0.1, 0.15) is 5.76 Å². The van der Waals surface area contributed by atoms with Crippen molar-refractivity contribution >= 4 is 17.6 Å². The summed E-state index contributed by atoms with van der Waals surface area (Å²) in [5.41, 5.74) is 0. The van der Waals surface area contributed by atoms with Crippen molar-refractivity contribution in [3.05, 3.63) is 29.1 Å². The van der Waals surface area contributed by atoms with Gasteiger partial charge >= 0.3 is 0 Å². The summed E-state index contributed by atoms with van der Waals surface area (Å²) < 4.78 is 5.31. The number of furan rings is 1. The number of hydrogen-bond donors (Lipinski definition) is 0. The van der Waals surface area contributed by atoms with Crippen molar-refractivity contribution in [2.24, 2.45) is 0 Å². The molecule has 0 aromatic carbocycles. The molecule has 2 aromatic rings. The SMILES string of the molecule is CCCc1ncc(-c2ccc(C=O)o2)s1. The summed E-state index contributed by atoms with van der Waals surface area (Å²) in [4.78, 5) is 15.7. The molecule has 0 saturated carbocycles. The molecule has 0 spiro atoms. The molecule has 0 saturated heterocycles. The highest BCUT2D eigenvalue weighted by Gasteiger charge is 2.08. The molecule has 2 rings (SSSR count). The lowest BCUT2D eigenvalue weighted by Crippen LogP contribution is -1.76. The Labute approximate surface area is 91.8 Å². The minimum absolute atomic E-state index is 0.357. The van der Waals surface area contributed by atoms with Crippen molar-refractivity contribution < 1.29 is 9.21 Å². The smallest absolute Gasteiger partial charge is 0.185 e. The van der Waals surface area contributed by atoms with Crippen molar-refractivity contribution in [1.82, 2.24) is 4.98 Å². The van der Waals surface area contributed by atoms with Crippen molar-refractivity contribution in [2.45, 2.75) is 19.8 Å². The summed E-state index contributed by atoms with van der Waals surface area (Å²) in [7, 11) is 0. The zero-order valence-corrected chi connectivity index (χ0v) is 9.21. The number of thiazole rings is 1. The minimum Gasteiger partial charge on any atom is -0.452 e. The first-order valence-corrected chi connectivity index (χ1v) is 5.65. The van der Waals surface area contributed by atoms with Crippen LogP contribution in [-0.4, -0.2) is 11.3 Å². The lowest BCUT2D eigenvalue weighted by molar-refractivity contribution is 0.110. The third-order valence-corrected chi connectivity index (χ3v) is 3.07. The fourth-order valence-electron chi connectivity index (χ4n) is 1.30. The fourth-order valence-corrected chi connectivity index (χ4v) is 2.28. The Morgan fingerprint density at radius 3 is 3.07 bits per heavy atom. The van der Waals surface area contributed by atoms with Gasteiger partial charge in [-0.25, -0.2) is 4.98 Å². The maximum Gasteiger partial charge on any atom is 0.185 e. The second-order valence-corrected chi connectivity index (χ2v) is 4.30. The van der Waals surface area contributed by atoms with Gasteiger partial charge in [-0.2, -0.15) is 0 Å². The van der Waals surface area contributed by atoms with Crippen LogP contribution in [0.3, 0.4) is 0 Å². The molecule has 0 amide bonds. The highest BCUT2D eigenvalue weighted by Crippen LogP contribution is 2.27. The number of aldehydes is 1. The van der Waals surface area contributed by atoms with Crippen molar-refractivity contribution in [3.63, 3.8) is 0 Å². The minimum atomic E-state index is 0.357. The third kappa shape index (κ3) is 2.15. The maximum atomic E-state index is 10.5. The fraction of sp³-hybridized carbons (Fsp3) is 0.273. The predicted octanol–water partition coefficient (Wildman–Crippen LogP) is 3.17. The van der Waals surface area contributed by atoms with Gasteiger partial charge in [-0.05, 0) is 25.0 Å². The highest BCUT2D eigenvalue weighted by atomic mass is 32.1. The predicted molar refractivity (Wildman–Crippen MR) is 59.2 cm³/mol. The van der Waals surface area contributed by atoms with Crippen LogP contribution in [0.15, 0.2) is 22.7 Å². The Bertz CT molecular complexity index is 459. The van der Waals surface area contributed by atoms with Crippen LogP contribution in [0.25, 0.3) is 10.6 Å². The first kappa shape index (κ1) is 10.1. The largest absolute Gasteiger partial charge is 0.452 e. The number of rotatable bonds is 4. The quantitative estimate of drug-likeness (QED) is 0.745. The van der Waals surface area contributed by atoms with Crippen LogP contribution in [0, 0.1) is 0 Å². The molecule has 0 radical (unpaired) electrons. The molecule has 0 aliphatic heterocycles. The first-order chi connectivity index (χ1) is 7.33. The number of carbonyl (C=O) groups is 1. The summed E-state index contributed by atoms with van der Waals surface area (Å²) in [6.07, 6.45) is 4.58. The van der Waals surface area contributed by atoms with Gasteiger partial charge in [-0.15, -0.1) is 11.3 Å². The molecular weight excluding hydrogens is 210 g/mol. The van der Waals surface area contributed by atoms with Crippen molar-refractivity contribution in [2.75, 3.05) is 0 Å².